The van der Waals surface area contributed by atoms with Crippen molar-refractivity contribution in [3.05, 3.63) is 63.7 Å². The quantitative estimate of drug-likeness (QED) is 0.270. The first-order valence-corrected chi connectivity index (χ1v) is 10.3. The van der Waals surface area contributed by atoms with Crippen molar-refractivity contribution in [2.24, 2.45) is 0 Å². The number of rotatable bonds is 7. The summed E-state index contributed by atoms with van der Waals surface area (Å²) in [4.78, 5) is 9.82. The van der Waals surface area contributed by atoms with E-state index >= 15 is 0 Å². The van der Waals surface area contributed by atoms with Crippen LogP contribution in [0.3, 0.4) is 0 Å². The highest BCUT2D eigenvalue weighted by atomic mass is 32.2. The number of hydrogen-bond donors (Lipinski definition) is 0. The summed E-state index contributed by atoms with van der Waals surface area (Å²) >= 11 is 0. The Morgan fingerprint density at radius 2 is 1.62 bits per heavy atom. The summed E-state index contributed by atoms with van der Waals surface area (Å²) in [5.41, 5.74) is -5.56. The van der Waals surface area contributed by atoms with Gasteiger partial charge in [-0.1, -0.05) is 12.1 Å². The average molecular weight is 455 g/mol. The van der Waals surface area contributed by atoms with E-state index in [9.17, 15) is 40.1 Å². The Labute approximate surface area is 163 Å². The molecule has 0 aliphatic rings. The molecule has 2 aromatic carbocycles. The maximum absolute atomic E-state index is 12.3. The van der Waals surface area contributed by atoms with E-state index in [2.05, 4.69) is 4.18 Å². The van der Waals surface area contributed by atoms with E-state index in [0.717, 1.165) is 12.1 Å². The number of nitro benzene ring substituents is 1. The molecule has 29 heavy (non-hydrogen) atoms. The van der Waals surface area contributed by atoms with Crippen LogP contribution < -0.4 is 4.18 Å². The summed E-state index contributed by atoms with van der Waals surface area (Å²) in [6, 6.07) is 7.02. The molecule has 158 valence electrons. The van der Waals surface area contributed by atoms with Crippen molar-refractivity contribution in [3.8, 4) is 5.75 Å². The van der Waals surface area contributed by atoms with Gasteiger partial charge in [-0.25, -0.2) is 0 Å². The Bertz CT molecular complexity index is 1130. The number of alkyl halides is 3. The van der Waals surface area contributed by atoms with E-state index < -0.39 is 47.9 Å². The second-order valence-electron chi connectivity index (χ2n) is 5.50. The third-order valence-corrected chi connectivity index (χ3v) is 5.80. The molecule has 0 aliphatic heterocycles. The lowest BCUT2D eigenvalue weighted by molar-refractivity contribution is -0.385. The van der Waals surface area contributed by atoms with Gasteiger partial charge < -0.3 is 4.18 Å². The van der Waals surface area contributed by atoms with E-state index in [1.54, 1.807) is 0 Å². The molecule has 0 heterocycles. The molecule has 2 rings (SSSR count). The highest BCUT2D eigenvalue weighted by molar-refractivity contribution is 7.88. The molecule has 0 radical (unpaired) electrons. The van der Waals surface area contributed by atoms with Crippen molar-refractivity contribution < 1.29 is 43.3 Å². The van der Waals surface area contributed by atoms with Gasteiger partial charge in [-0.2, -0.15) is 30.0 Å². The van der Waals surface area contributed by atoms with Crippen LogP contribution in [0.4, 0.5) is 18.9 Å². The minimum Gasteiger partial charge on any atom is -0.376 e. The lowest BCUT2D eigenvalue weighted by atomic mass is 10.1. The molecule has 0 saturated carbocycles. The molecule has 0 atom stereocenters. The molecule has 0 N–H and O–H groups in total. The SMILES string of the molecule is Cc1cccc([N+](=O)[O-])c1COS(=O)(=O)c1ccc(OS(=O)(=O)C(F)(F)F)cc1. The summed E-state index contributed by atoms with van der Waals surface area (Å²) in [5.74, 6) is -0.768. The second-order valence-corrected chi connectivity index (χ2v) is 8.65. The molecule has 2 aromatic rings. The monoisotopic (exact) mass is 455 g/mol. The van der Waals surface area contributed by atoms with Crippen molar-refractivity contribution in [1.82, 2.24) is 0 Å². The number of nitro groups is 1. The first-order chi connectivity index (χ1) is 13.2. The molecule has 0 unspecified atom stereocenters. The Morgan fingerprint density at radius 1 is 1.03 bits per heavy atom. The van der Waals surface area contributed by atoms with Gasteiger partial charge in [0.25, 0.3) is 15.8 Å². The molecular weight excluding hydrogens is 443 g/mol. The van der Waals surface area contributed by atoms with Gasteiger partial charge >= 0.3 is 15.6 Å². The molecule has 14 heteroatoms. The molecule has 9 nitrogen and oxygen atoms in total. The van der Waals surface area contributed by atoms with E-state index in [0.29, 0.717) is 17.7 Å². The summed E-state index contributed by atoms with van der Waals surface area (Å²) in [5, 5.41) is 11.0. The molecule has 0 bridgehead atoms. The lowest BCUT2D eigenvalue weighted by Gasteiger charge is -2.11. The topological polar surface area (TPSA) is 130 Å². The normalized spacial score (nSPS) is 12.6. The molecule has 0 fully saturated rings. The lowest BCUT2D eigenvalue weighted by Crippen LogP contribution is -2.28. The average Bonchev–Trinajstić information content (AvgIpc) is 2.59. The molecule has 0 amide bonds. The summed E-state index contributed by atoms with van der Waals surface area (Å²) in [6.45, 7) is 0.859. The van der Waals surface area contributed by atoms with Crippen LogP contribution in [0.25, 0.3) is 0 Å². The van der Waals surface area contributed by atoms with Gasteiger partial charge in [0.05, 0.1) is 22.0 Å². The van der Waals surface area contributed by atoms with Crippen LogP contribution in [0.1, 0.15) is 11.1 Å². The van der Waals surface area contributed by atoms with E-state index in [1.165, 1.54) is 25.1 Å². The highest BCUT2D eigenvalue weighted by Gasteiger charge is 2.48. The van der Waals surface area contributed by atoms with Crippen LogP contribution in [0.5, 0.6) is 5.75 Å². The summed E-state index contributed by atoms with van der Waals surface area (Å²) in [7, 11) is -10.4. The minimum atomic E-state index is -5.91. The predicted octanol–water partition coefficient (Wildman–Crippen LogP) is 3.04. The molecular formula is C15H12F3NO8S2. The Hall–Kier alpha value is -2.71. The molecule has 0 aromatic heterocycles. The second kappa shape index (κ2) is 7.96. The smallest absolute Gasteiger partial charge is 0.376 e. The number of hydrogen-bond acceptors (Lipinski definition) is 8. The van der Waals surface area contributed by atoms with Gasteiger partial charge in [-0.15, -0.1) is 0 Å². The van der Waals surface area contributed by atoms with Crippen LogP contribution in [-0.4, -0.2) is 27.3 Å². The Balaban J connectivity index is 2.20. The zero-order chi connectivity index (χ0) is 22.0. The van der Waals surface area contributed by atoms with Crippen LogP contribution >= 0.6 is 0 Å². The van der Waals surface area contributed by atoms with Crippen LogP contribution in [0.2, 0.25) is 0 Å². The van der Waals surface area contributed by atoms with Gasteiger partial charge in [0, 0.05) is 6.07 Å². The number of benzene rings is 2. The predicted molar refractivity (Wildman–Crippen MR) is 91.9 cm³/mol. The number of nitrogens with zero attached hydrogens (tertiary/aromatic N) is 1. The number of aryl methyl sites for hydroxylation is 1. The summed E-state index contributed by atoms with van der Waals surface area (Å²) in [6.07, 6.45) is 0. The van der Waals surface area contributed by atoms with Crippen LogP contribution in [0, 0.1) is 17.0 Å². The van der Waals surface area contributed by atoms with Crippen LogP contribution in [0.15, 0.2) is 47.4 Å². The zero-order valence-electron chi connectivity index (χ0n) is 14.4. The van der Waals surface area contributed by atoms with Gasteiger partial charge in [-0.3, -0.25) is 14.3 Å². The van der Waals surface area contributed by atoms with Gasteiger partial charge in [0.2, 0.25) is 0 Å². The Morgan fingerprint density at radius 3 is 2.14 bits per heavy atom. The highest BCUT2D eigenvalue weighted by Crippen LogP contribution is 2.28. The van der Waals surface area contributed by atoms with Gasteiger partial charge in [-0.05, 0) is 36.8 Å². The standard InChI is InChI=1S/C15H12F3NO8S2/c1-10-3-2-4-14(19(20)21)13(10)9-26-28(22,23)12-7-5-11(6-8-12)27-29(24,25)15(16,17)18/h2-8H,9H2,1H3. The first kappa shape index (κ1) is 22.6. The minimum absolute atomic E-state index is 0.0253. The van der Waals surface area contributed by atoms with E-state index in [-0.39, 0.29) is 11.3 Å². The third kappa shape index (κ3) is 5.21. The Kier molecular flexibility index (Phi) is 6.20. The van der Waals surface area contributed by atoms with Crippen molar-refractivity contribution in [1.29, 1.82) is 0 Å². The maximum atomic E-state index is 12.3. The van der Waals surface area contributed by atoms with E-state index in [1.807, 2.05) is 0 Å². The fourth-order valence-corrected chi connectivity index (χ4v) is 3.42. The van der Waals surface area contributed by atoms with Crippen LogP contribution in [-0.2, 0) is 31.0 Å². The fourth-order valence-electron chi connectivity index (χ4n) is 2.09. The van der Waals surface area contributed by atoms with Crippen molar-refractivity contribution in [3.63, 3.8) is 0 Å². The van der Waals surface area contributed by atoms with Gasteiger partial charge in [0.1, 0.15) is 5.75 Å². The third-order valence-electron chi connectivity index (χ3n) is 3.54. The van der Waals surface area contributed by atoms with Crippen molar-refractivity contribution in [2.45, 2.75) is 23.9 Å². The molecule has 0 aliphatic carbocycles. The van der Waals surface area contributed by atoms with Gasteiger partial charge in [0.15, 0.2) is 0 Å². The molecule has 0 spiro atoms. The maximum Gasteiger partial charge on any atom is 0.534 e. The van der Waals surface area contributed by atoms with Crippen molar-refractivity contribution >= 4 is 25.9 Å². The fraction of sp³-hybridized carbons (Fsp3) is 0.200. The molecule has 0 saturated heterocycles. The zero-order valence-corrected chi connectivity index (χ0v) is 16.0. The number of halogens is 3. The summed E-state index contributed by atoms with van der Waals surface area (Å²) < 4.78 is 91.9. The van der Waals surface area contributed by atoms with E-state index in [4.69, 9.17) is 4.18 Å². The largest absolute Gasteiger partial charge is 0.534 e. The van der Waals surface area contributed by atoms with Crippen molar-refractivity contribution in [2.75, 3.05) is 0 Å². The first-order valence-electron chi connectivity index (χ1n) is 7.48.